The fourth-order valence-electron chi connectivity index (χ4n) is 2.62. The molecule has 3 aromatic carbocycles. The molecule has 0 aromatic heterocycles. The molecule has 0 unspecified atom stereocenters. The van der Waals surface area contributed by atoms with E-state index < -0.39 is 4.92 Å². The number of benzene rings is 3. The molecule has 3 aromatic rings. The highest BCUT2D eigenvalue weighted by molar-refractivity contribution is 5.47. The molecular weight excluding hydrogens is 356 g/mol. The highest BCUT2D eigenvalue weighted by atomic mass is 16.6. The summed E-state index contributed by atoms with van der Waals surface area (Å²) in [5.74, 6) is 1.62. The average molecular weight is 378 g/mol. The van der Waals surface area contributed by atoms with Crippen LogP contribution < -0.4 is 14.8 Å². The van der Waals surface area contributed by atoms with Crippen molar-refractivity contribution in [3.8, 4) is 11.5 Å². The van der Waals surface area contributed by atoms with E-state index in [4.69, 9.17) is 9.47 Å². The first-order valence-electron chi connectivity index (χ1n) is 9.06. The molecule has 144 valence electrons. The minimum atomic E-state index is -0.412. The second kappa shape index (κ2) is 9.41. The molecule has 0 bridgehead atoms. The third-order valence-electron chi connectivity index (χ3n) is 4.14. The van der Waals surface area contributed by atoms with E-state index >= 15 is 0 Å². The number of anilines is 1. The first kappa shape index (κ1) is 19.2. The molecule has 1 N–H and O–H groups in total. The Morgan fingerprint density at radius 2 is 1.39 bits per heavy atom. The van der Waals surface area contributed by atoms with Crippen molar-refractivity contribution in [3.05, 3.63) is 94.0 Å². The van der Waals surface area contributed by atoms with E-state index in [-0.39, 0.29) is 5.69 Å². The van der Waals surface area contributed by atoms with Crippen molar-refractivity contribution in [3.63, 3.8) is 0 Å². The maximum atomic E-state index is 10.7. The van der Waals surface area contributed by atoms with Crippen LogP contribution >= 0.6 is 0 Å². The summed E-state index contributed by atoms with van der Waals surface area (Å²) >= 11 is 0. The van der Waals surface area contributed by atoms with E-state index in [1.54, 1.807) is 12.1 Å². The van der Waals surface area contributed by atoms with Crippen LogP contribution in [0.4, 0.5) is 11.4 Å². The van der Waals surface area contributed by atoms with Gasteiger partial charge in [-0.1, -0.05) is 12.1 Å². The number of nitrogens with zero attached hydrogens (tertiary/aromatic N) is 1. The zero-order chi connectivity index (χ0) is 19.8. The van der Waals surface area contributed by atoms with Gasteiger partial charge in [-0.2, -0.15) is 0 Å². The van der Waals surface area contributed by atoms with Crippen LogP contribution in [-0.4, -0.2) is 11.5 Å². The summed E-state index contributed by atoms with van der Waals surface area (Å²) in [5.41, 5.74) is 3.12. The molecule has 0 amide bonds. The van der Waals surface area contributed by atoms with E-state index in [2.05, 4.69) is 5.32 Å². The van der Waals surface area contributed by atoms with Gasteiger partial charge in [-0.15, -0.1) is 0 Å². The molecule has 0 saturated carbocycles. The summed E-state index contributed by atoms with van der Waals surface area (Å²) in [4.78, 5) is 10.3. The third-order valence-corrected chi connectivity index (χ3v) is 4.14. The maximum Gasteiger partial charge on any atom is 0.269 e. The van der Waals surface area contributed by atoms with Gasteiger partial charge in [0.25, 0.3) is 5.69 Å². The number of ether oxygens (including phenoxy) is 2. The highest BCUT2D eigenvalue weighted by Crippen LogP contribution is 2.19. The van der Waals surface area contributed by atoms with Crippen molar-refractivity contribution in [2.75, 3.05) is 11.9 Å². The number of rotatable bonds is 9. The van der Waals surface area contributed by atoms with Crippen molar-refractivity contribution >= 4 is 11.4 Å². The number of nitro groups is 1. The van der Waals surface area contributed by atoms with Crippen molar-refractivity contribution in [1.82, 2.24) is 0 Å². The lowest BCUT2D eigenvalue weighted by molar-refractivity contribution is -0.384. The van der Waals surface area contributed by atoms with Gasteiger partial charge in [-0.05, 0) is 66.6 Å². The lowest BCUT2D eigenvalue weighted by atomic mass is 10.2. The molecule has 0 aliphatic heterocycles. The van der Waals surface area contributed by atoms with E-state index in [1.165, 1.54) is 12.1 Å². The standard InChI is InChI=1S/C22H22N2O4/c1-2-27-21-13-7-19(8-14-21)23-15-17-5-11-22(12-6-17)28-16-18-3-9-20(10-4-18)24(25)26/h3-14,23H,2,15-16H2,1H3. The van der Waals surface area contributed by atoms with Gasteiger partial charge < -0.3 is 14.8 Å². The Balaban J connectivity index is 1.48. The third kappa shape index (κ3) is 5.48. The summed E-state index contributed by atoms with van der Waals surface area (Å²) in [6.45, 7) is 3.69. The molecule has 0 atom stereocenters. The molecule has 28 heavy (non-hydrogen) atoms. The minimum absolute atomic E-state index is 0.0770. The number of non-ortho nitro benzene ring substituents is 1. The van der Waals surface area contributed by atoms with Gasteiger partial charge in [0.2, 0.25) is 0 Å². The highest BCUT2D eigenvalue weighted by Gasteiger charge is 2.04. The Hall–Kier alpha value is -3.54. The Kier molecular flexibility index (Phi) is 6.46. The van der Waals surface area contributed by atoms with Crippen LogP contribution in [0.5, 0.6) is 11.5 Å². The van der Waals surface area contributed by atoms with Gasteiger partial charge in [0.15, 0.2) is 0 Å². The van der Waals surface area contributed by atoms with Crippen LogP contribution in [0.1, 0.15) is 18.1 Å². The van der Waals surface area contributed by atoms with Gasteiger partial charge in [-0.3, -0.25) is 10.1 Å². The minimum Gasteiger partial charge on any atom is -0.494 e. The van der Waals surface area contributed by atoms with Crippen LogP contribution in [0.25, 0.3) is 0 Å². The summed E-state index contributed by atoms with van der Waals surface area (Å²) < 4.78 is 11.2. The fourth-order valence-corrected chi connectivity index (χ4v) is 2.62. The molecule has 0 saturated heterocycles. The number of hydrogen-bond donors (Lipinski definition) is 1. The zero-order valence-electron chi connectivity index (χ0n) is 15.6. The van der Waals surface area contributed by atoms with Gasteiger partial charge >= 0.3 is 0 Å². The van der Waals surface area contributed by atoms with E-state index in [0.29, 0.717) is 19.8 Å². The molecule has 0 spiro atoms. The number of nitro benzene ring substituents is 1. The summed E-state index contributed by atoms with van der Waals surface area (Å²) in [7, 11) is 0. The van der Waals surface area contributed by atoms with Crippen LogP contribution in [0.2, 0.25) is 0 Å². The Morgan fingerprint density at radius 1 is 0.821 bits per heavy atom. The smallest absolute Gasteiger partial charge is 0.269 e. The molecule has 6 heteroatoms. The molecule has 0 fully saturated rings. The van der Waals surface area contributed by atoms with Crippen LogP contribution in [0.15, 0.2) is 72.8 Å². The Bertz CT molecular complexity index is 891. The van der Waals surface area contributed by atoms with Gasteiger partial charge in [0, 0.05) is 24.4 Å². The first-order valence-corrected chi connectivity index (χ1v) is 9.06. The summed E-state index contributed by atoms with van der Waals surface area (Å²) in [5, 5.41) is 14.0. The average Bonchev–Trinajstić information content (AvgIpc) is 2.73. The lowest BCUT2D eigenvalue weighted by Gasteiger charge is -2.10. The van der Waals surface area contributed by atoms with Gasteiger partial charge in [-0.25, -0.2) is 0 Å². The van der Waals surface area contributed by atoms with E-state index in [9.17, 15) is 10.1 Å². The SMILES string of the molecule is CCOc1ccc(NCc2ccc(OCc3ccc([N+](=O)[O-])cc3)cc2)cc1. The Morgan fingerprint density at radius 3 is 2.00 bits per heavy atom. The van der Waals surface area contributed by atoms with Gasteiger partial charge in [0.1, 0.15) is 18.1 Å². The molecule has 0 radical (unpaired) electrons. The molecule has 0 aliphatic rings. The monoisotopic (exact) mass is 378 g/mol. The maximum absolute atomic E-state index is 10.7. The van der Waals surface area contributed by atoms with Gasteiger partial charge in [0.05, 0.1) is 11.5 Å². The predicted molar refractivity (Wildman–Crippen MR) is 109 cm³/mol. The van der Waals surface area contributed by atoms with Crippen molar-refractivity contribution in [1.29, 1.82) is 0 Å². The van der Waals surface area contributed by atoms with E-state index in [1.807, 2.05) is 55.5 Å². The second-order valence-corrected chi connectivity index (χ2v) is 6.17. The molecule has 0 aliphatic carbocycles. The van der Waals surface area contributed by atoms with Crippen molar-refractivity contribution in [2.24, 2.45) is 0 Å². The predicted octanol–water partition coefficient (Wildman–Crippen LogP) is 5.18. The fraction of sp³-hybridized carbons (Fsp3) is 0.182. The first-order chi connectivity index (χ1) is 13.6. The van der Waals surface area contributed by atoms with E-state index in [0.717, 1.165) is 28.3 Å². The topological polar surface area (TPSA) is 73.6 Å². The second-order valence-electron chi connectivity index (χ2n) is 6.17. The summed E-state index contributed by atoms with van der Waals surface area (Å²) in [6, 6.07) is 22.1. The normalized spacial score (nSPS) is 10.3. The van der Waals surface area contributed by atoms with Crippen molar-refractivity contribution in [2.45, 2.75) is 20.1 Å². The zero-order valence-corrected chi connectivity index (χ0v) is 15.6. The van der Waals surface area contributed by atoms with Crippen LogP contribution in [-0.2, 0) is 13.2 Å². The van der Waals surface area contributed by atoms with Crippen LogP contribution in [0, 0.1) is 10.1 Å². The summed E-state index contributed by atoms with van der Waals surface area (Å²) in [6.07, 6.45) is 0. The lowest BCUT2D eigenvalue weighted by Crippen LogP contribution is -2.00. The molecule has 6 nitrogen and oxygen atoms in total. The molecular formula is C22H22N2O4. The Labute approximate surface area is 163 Å². The molecule has 0 heterocycles. The molecule has 3 rings (SSSR count). The number of hydrogen-bond acceptors (Lipinski definition) is 5. The van der Waals surface area contributed by atoms with Crippen LogP contribution in [0.3, 0.4) is 0 Å². The quantitative estimate of drug-likeness (QED) is 0.410. The largest absolute Gasteiger partial charge is 0.494 e. The number of nitrogens with one attached hydrogen (secondary N) is 1. The van der Waals surface area contributed by atoms with Crippen molar-refractivity contribution < 1.29 is 14.4 Å².